The molecule has 0 aromatic rings. The van der Waals surface area contributed by atoms with Gasteiger partial charge in [0.15, 0.2) is 0 Å². The fourth-order valence-electron chi connectivity index (χ4n) is 0.686. The number of hydrogen-bond acceptors (Lipinski definition) is 3. The second-order valence-electron chi connectivity index (χ2n) is 2.57. The highest BCUT2D eigenvalue weighted by molar-refractivity contribution is 5.85. The summed E-state index contributed by atoms with van der Waals surface area (Å²) < 4.78 is 4.40. The standard InChI is InChI=1S/C9H14O3/c1-4-7(2)8(10)5-6-9(11)12-3/h4,7H,1,5-6H2,2-3H3. The van der Waals surface area contributed by atoms with Crippen molar-refractivity contribution in [2.24, 2.45) is 5.92 Å². The van der Waals surface area contributed by atoms with E-state index < -0.39 is 0 Å². The Balaban J connectivity index is 3.71. The Kier molecular flexibility index (Phi) is 5.00. The van der Waals surface area contributed by atoms with Crippen molar-refractivity contribution in [3.05, 3.63) is 12.7 Å². The minimum absolute atomic E-state index is 0.0235. The number of Topliss-reactive ketones (excluding diaryl/α,β-unsaturated/α-hetero) is 1. The zero-order valence-electron chi connectivity index (χ0n) is 7.50. The molecule has 0 aliphatic rings. The van der Waals surface area contributed by atoms with E-state index in [0.717, 1.165) is 0 Å². The van der Waals surface area contributed by atoms with Crippen LogP contribution >= 0.6 is 0 Å². The van der Waals surface area contributed by atoms with Crippen LogP contribution in [0.15, 0.2) is 12.7 Å². The smallest absolute Gasteiger partial charge is 0.305 e. The van der Waals surface area contributed by atoms with E-state index in [1.807, 2.05) is 0 Å². The largest absolute Gasteiger partial charge is 0.469 e. The molecule has 0 heterocycles. The first-order valence-electron chi connectivity index (χ1n) is 3.84. The third kappa shape index (κ3) is 3.91. The molecule has 1 atom stereocenters. The minimum Gasteiger partial charge on any atom is -0.469 e. The monoisotopic (exact) mass is 170 g/mol. The lowest BCUT2D eigenvalue weighted by Gasteiger charge is -2.02. The van der Waals surface area contributed by atoms with E-state index in [1.165, 1.54) is 7.11 Å². The number of hydrogen-bond donors (Lipinski definition) is 0. The molecule has 0 aliphatic carbocycles. The Morgan fingerprint density at radius 3 is 2.50 bits per heavy atom. The van der Waals surface area contributed by atoms with Gasteiger partial charge in [-0.05, 0) is 0 Å². The second-order valence-corrected chi connectivity index (χ2v) is 2.57. The normalized spacial score (nSPS) is 11.8. The van der Waals surface area contributed by atoms with Crippen LogP contribution in [0.5, 0.6) is 0 Å². The number of ketones is 1. The van der Waals surface area contributed by atoms with Gasteiger partial charge in [-0.15, -0.1) is 6.58 Å². The Morgan fingerprint density at radius 2 is 2.08 bits per heavy atom. The number of carbonyl (C=O) groups is 2. The Bertz CT molecular complexity index is 184. The van der Waals surface area contributed by atoms with Crippen molar-refractivity contribution in [1.29, 1.82) is 0 Å². The Labute approximate surface area is 72.4 Å². The van der Waals surface area contributed by atoms with Crippen LogP contribution in [0.4, 0.5) is 0 Å². The first-order chi connectivity index (χ1) is 5.61. The molecule has 1 unspecified atom stereocenters. The van der Waals surface area contributed by atoms with Gasteiger partial charge >= 0.3 is 5.97 Å². The summed E-state index contributed by atoms with van der Waals surface area (Å²) in [6.45, 7) is 5.25. The van der Waals surface area contributed by atoms with Gasteiger partial charge in [-0.2, -0.15) is 0 Å². The highest BCUT2D eigenvalue weighted by Gasteiger charge is 2.10. The molecular formula is C9H14O3. The molecule has 0 rings (SSSR count). The zero-order valence-corrected chi connectivity index (χ0v) is 7.50. The van der Waals surface area contributed by atoms with E-state index in [9.17, 15) is 9.59 Å². The summed E-state index contributed by atoms with van der Waals surface area (Å²) in [6, 6.07) is 0. The number of carbonyl (C=O) groups excluding carboxylic acids is 2. The molecule has 0 saturated carbocycles. The maximum Gasteiger partial charge on any atom is 0.305 e. The van der Waals surface area contributed by atoms with E-state index in [1.54, 1.807) is 13.0 Å². The van der Waals surface area contributed by atoms with Crippen LogP contribution in [0.1, 0.15) is 19.8 Å². The summed E-state index contributed by atoms with van der Waals surface area (Å²) >= 11 is 0. The summed E-state index contributed by atoms with van der Waals surface area (Å²) in [5, 5.41) is 0. The fraction of sp³-hybridized carbons (Fsp3) is 0.556. The quantitative estimate of drug-likeness (QED) is 0.462. The van der Waals surface area contributed by atoms with E-state index in [-0.39, 0.29) is 30.5 Å². The molecule has 0 radical (unpaired) electrons. The molecule has 0 aliphatic heterocycles. The topological polar surface area (TPSA) is 43.4 Å². The van der Waals surface area contributed by atoms with Crippen molar-refractivity contribution < 1.29 is 14.3 Å². The zero-order chi connectivity index (χ0) is 9.56. The first kappa shape index (κ1) is 10.9. The summed E-state index contributed by atoms with van der Waals surface area (Å²) in [7, 11) is 1.31. The van der Waals surface area contributed by atoms with Crippen molar-refractivity contribution in [1.82, 2.24) is 0 Å². The summed E-state index contributed by atoms with van der Waals surface area (Å²) in [6.07, 6.45) is 1.97. The van der Waals surface area contributed by atoms with Crippen molar-refractivity contribution >= 4 is 11.8 Å². The highest BCUT2D eigenvalue weighted by atomic mass is 16.5. The maximum atomic E-state index is 11.1. The van der Waals surface area contributed by atoms with E-state index in [0.29, 0.717) is 0 Å². The van der Waals surface area contributed by atoms with Crippen molar-refractivity contribution in [3.8, 4) is 0 Å². The third-order valence-corrected chi connectivity index (χ3v) is 1.66. The molecule has 12 heavy (non-hydrogen) atoms. The molecule has 0 N–H and O–H groups in total. The number of allylic oxidation sites excluding steroid dienone is 1. The molecule has 0 aromatic heterocycles. The van der Waals surface area contributed by atoms with E-state index >= 15 is 0 Å². The van der Waals surface area contributed by atoms with Gasteiger partial charge < -0.3 is 4.74 Å². The van der Waals surface area contributed by atoms with Crippen LogP contribution in [-0.2, 0) is 14.3 Å². The predicted molar refractivity (Wildman–Crippen MR) is 45.6 cm³/mol. The lowest BCUT2D eigenvalue weighted by Crippen LogP contribution is -2.11. The minimum atomic E-state index is -0.348. The van der Waals surface area contributed by atoms with Gasteiger partial charge in [0.25, 0.3) is 0 Å². The number of ether oxygens (including phenoxy) is 1. The van der Waals surface area contributed by atoms with Crippen LogP contribution in [-0.4, -0.2) is 18.9 Å². The molecule has 0 saturated heterocycles. The number of esters is 1. The Morgan fingerprint density at radius 1 is 1.50 bits per heavy atom. The molecule has 0 spiro atoms. The van der Waals surface area contributed by atoms with Gasteiger partial charge in [0.2, 0.25) is 0 Å². The van der Waals surface area contributed by atoms with Gasteiger partial charge in [0, 0.05) is 12.3 Å². The molecule has 0 fully saturated rings. The van der Waals surface area contributed by atoms with Crippen molar-refractivity contribution in [2.75, 3.05) is 7.11 Å². The molecule has 0 aromatic carbocycles. The Hall–Kier alpha value is -1.12. The van der Waals surface area contributed by atoms with Crippen molar-refractivity contribution in [2.45, 2.75) is 19.8 Å². The fourth-order valence-corrected chi connectivity index (χ4v) is 0.686. The number of rotatable bonds is 5. The number of methoxy groups -OCH3 is 1. The van der Waals surface area contributed by atoms with Gasteiger partial charge in [-0.25, -0.2) is 0 Å². The van der Waals surface area contributed by atoms with Crippen LogP contribution in [0.2, 0.25) is 0 Å². The van der Waals surface area contributed by atoms with Crippen molar-refractivity contribution in [3.63, 3.8) is 0 Å². The lowest BCUT2D eigenvalue weighted by molar-refractivity contribution is -0.142. The first-order valence-corrected chi connectivity index (χ1v) is 3.84. The van der Waals surface area contributed by atoms with Crippen LogP contribution in [0, 0.1) is 5.92 Å². The summed E-state index contributed by atoms with van der Waals surface area (Å²) in [5.41, 5.74) is 0. The average Bonchev–Trinajstić information content (AvgIpc) is 2.11. The molecule has 3 nitrogen and oxygen atoms in total. The summed E-state index contributed by atoms with van der Waals surface area (Å²) in [4.78, 5) is 21.7. The molecule has 0 bridgehead atoms. The van der Waals surface area contributed by atoms with Gasteiger partial charge in [0.05, 0.1) is 13.5 Å². The van der Waals surface area contributed by atoms with Gasteiger partial charge in [-0.3, -0.25) is 9.59 Å². The molecule has 68 valence electrons. The average molecular weight is 170 g/mol. The van der Waals surface area contributed by atoms with E-state index in [2.05, 4.69) is 11.3 Å². The molecular weight excluding hydrogens is 156 g/mol. The van der Waals surface area contributed by atoms with Crippen LogP contribution in [0.3, 0.4) is 0 Å². The molecule has 3 heteroatoms. The summed E-state index contributed by atoms with van der Waals surface area (Å²) in [5.74, 6) is -0.496. The SMILES string of the molecule is C=CC(C)C(=O)CCC(=O)OC. The highest BCUT2D eigenvalue weighted by Crippen LogP contribution is 2.04. The van der Waals surface area contributed by atoms with Crippen LogP contribution in [0.25, 0.3) is 0 Å². The predicted octanol–water partition coefficient (Wildman–Crippen LogP) is 1.33. The third-order valence-electron chi connectivity index (χ3n) is 1.66. The van der Waals surface area contributed by atoms with Crippen LogP contribution < -0.4 is 0 Å². The lowest BCUT2D eigenvalue weighted by atomic mass is 10.0. The van der Waals surface area contributed by atoms with Gasteiger partial charge in [-0.1, -0.05) is 13.0 Å². The maximum absolute atomic E-state index is 11.1. The molecule has 0 amide bonds. The van der Waals surface area contributed by atoms with Gasteiger partial charge in [0.1, 0.15) is 5.78 Å². The second kappa shape index (κ2) is 5.52. The van der Waals surface area contributed by atoms with E-state index in [4.69, 9.17) is 0 Å².